The zero-order valence-corrected chi connectivity index (χ0v) is 12.1. The van der Waals surface area contributed by atoms with Gasteiger partial charge >= 0.3 is 0 Å². The molecular weight excluding hydrogens is 240 g/mol. The predicted octanol–water partition coefficient (Wildman–Crippen LogP) is 3.28. The summed E-state index contributed by atoms with van der Waals surface area (Å²) in [6, 6.07) is 4.85. The monoisotopic (exact) mass is 264 g/mol. The van der Waals surface area contributed by atoms with Crippen LogP contribution in [0.3, 0.4) is 0 Å². The standard InChI is InChI=1S/C15H24N2S/c1-2-8-17-14(15-7-3-4-10-18-15)11-13-6-5-9-16-12-13/h5-6,9,12,14-15,17H,2-4,7-8,10-11H2,1H3. The Morgan fingerprint density at radius 2 is 2.44 bits per heavy atom. The molecule has 3 heteroatoms. The van der Waals surface area contributed by atoms with E-state index in [2.05, 4.69) is 35.1 Å². The first-order valence-corrected chi connectivity index (χ1v) is 8.19. The molecule has 0 aliphatic carbocycles. The topological polar surface area (TPSA) is 24.9 Å². The second kappa shape index (κ2) is 7.80. The lowest BCUT2D eigenvalue weighted by Crippen LogP contribution is -2.41. The summed E-state index contributed by atoms with van der Waals surface area (Å²) in [5.41, 5.74) is 1.36. The molecule has 1 saturated heterocycles. The van der Waals surface area contributed by atoms with Gasteiger partial charge in [-0.25, -0.2) is 0 Å². The Balaban J connectivity index is 1.95. The minimum absolute atomic E-state index is 0.611. The number of pyridine rings is 1. The van der Waals surface area contributed by atoms with Crippen molar-refractivity contribution in [3.8, 4) is 0 Å². The van der Waals surface area contributed by atoms with Crippen LogP contribution in [-0.2, 0) is 6.42 Å². The van der Waals surface area contributed by atoms with Gasteiger partial charge in [-0.15, -0.1) is 0 Å². The Labute approximate surface area is 115 Å². The highest BCUT2D eigenvalue weighted by Crippen LogP contribution is 2.28. The van der Waals surface area contributed by atoms with Crippen LogP contribution in [0.15, 0.2) is 24.5 Å². The number of hydrogen-bond donors (Lipinski definition) is 1. The van der Waals surface area contributed by atoms with Crippen LogP contribution >= 0.6 is 11.8 Å². The maximum Gasteiger partial charge on any atom is 0.0300 e. The number of rotatable bonds is 6. The molecule has 18 heavy (non-hydrogen) atoms. The van der Waals surface area contributed by atoms with Gasteiger partial charge in [-0.2, -0.15) is 11.8 Å². The average Bonchev–Trinajstić information content (AvgIpc) is 2.45. The van der Waals surface area contributed by atoms with Gasteiger partial charge in [0, 0.05) is 23.7 Å². The van der Waals surface area contributed by atoms with E-state index in [0.29, 0.717) is 6.04 Å². The molecule has 0 saturated carbocycles. The highest BCUT2D eigenvalue weighted by Gasteiger charge is 2.23. The summed E-state index contributed by atoms with van der Waals surface area (Å²) in [6.07, 6.45) is 10.4. The Kier molecular flexibility index (Phi) is 6.01. The smallest absolute Gasteiger partial charge is 0.0300 e. The van der Waals surface area contributed by atoms with E-state index in [1.54, 1.807) is 0 Å². The number of thioether (sulfide) groups is 1. The number of nitrogens with one attached hydrogen (secondary N) is 1. The van der Waals surface area contributed by atoms with Crippen molar-refractivity contribution in [3.05, 3.63) is 30.1 Å². The molecule has 1 fully saturated rings. The highest BCUT2D eigenvalue weighted by atomic mass is 32.2. The average molecular weight is 264 g/mol. The first-order chi connectivity index (χ1) is 8.90. The number of aromatic nitrogens is 1. The molecule has 1 aromatic rings. The molecule has 2 atom stereocenters. The first-order valence-electron chi connectivity index (χ1n) is 7.14. The van der Waals surface area contributed by atoms with E-state index in [9.17, 15) is 0 Å². The van der Waals surface area contributed by atoms with Gasteiger partial charge in [-0.3, -0.25) is 4.98 Å². The highest BCUT2D eigenvalue weighted by molar-refractivity contribution is 8.00. The zero-order valence-electron chi connectivity index (χ0n) is 11.3. The molecule has 100 valence electrons. The van der Waals surface area contributed by atoms with Gasteiger partial charge in [-0.05, 0) is 49.6 Å². The fourth-order valence-electron chi connectivity index (χ4n) is 2.52. The summed E-state index contributed by atoms with van der Waals surface area (Å²) in [5.74, 6) is 1.34. The Morgan fingerprint density at radius 1 is 1.50 bits per heavy atom. The van der Waals surface area contributed by atoms with E-state index in [0.717, 1.165) is 18.2 Å². The van der Waals surface area contributed by atoms with Crippen LogP contribution in [-0.4, -0.2) is 28.6 Å². The van der Waals surface area contributed by atoms with Crippen LogP contribution in [0.1, 0.15) is 38.2 Å². The van der Waals surface area contributed by atoms with Gasteiger partial charge < -0.3 is 5.32 Å². The van der Waals surface area contributed by atoms with Gasteiger partial charge in [-0.1, -0.05) is 19.4 Å². The molecule has 1 aromatic heterocycles. The fourth-order valence-corrected chi connectivity index (χ4v) is 3.95. The van der Waals surface area contributed by atoms with Crippen molar-refractivity contribution in [1.82, 2.24) is 10.3 Å². The largest absolute Gasteiger partial charge is 0.313 e. The van der Waals surface area contributed by atoms with E-state index < -0.39 is 0 Å². The van der Waals surface area contributed by atoms with Gasteiger partial charge in [0.05, 0.1) is 0 Å². The zero-order chi connectivity index (χ0) is 12.6. The molecule has 0 aromatic carbocycles. The van der Waals surface area contributed by atoms with Crippen LogP contribution in [0.4, 0.5) is 0 Å². The molecule has 2 unspecified atom stereocenters. The van der Waals surface area contributed by atoms with Crippen molar-refractivity contribution in [2.45, 2.75) is 50.3 Å². The minimum Gasteiger partial charge on any atom is -0.313 e. The molecule has 1 aliphatic heterocycles. The van der Waals surface area contributed by atoms with Crippen LogP contribution in [0.5, 0.6) is 0 Å². The third kappa shape index (κ3) is 4.29. The summed E-state index contributed by atoms with van der Waals surface area (Å²) in [5, 5.41) is 4.52. The summed E-state index contributed by atoms with van der Waals surface area (Å²) in [6.45, 7) is 3.37. The molecule has 2 nitrogen and oxygen atoms in total. The maximum atomic E-state index is 4.23. The Hall–Kier alpha value is -0.540. The molecule has 0 radical (unpaired) electrons. The predicted molar refractivity (Wildman–Crippen MR) is 80.1 cm³/mol. The van der Waals surface area contributed by atoms with E-state index >= 15 is 0 Å². The van der Waals surface area contributed by atoms with E-state index in [-0.39, 0.29) is 0 Å². The lowest BCUT2D eigenvalue weighted by Gasteiger charge is -2.30. The van der Waals surface area contributed by atoms with Crippen molar-refractivity contribution in [3.63, 3.8) is 0 Å². The molecular formula is C15H24N2S. The first kappa shape index (κ1) is 13.9. The Bertz CT molecular complexity index is 323. The third-order valence-corrected chi connectivity index (χ3v) is 5.02. The maximum absolute atomic E-state index is 4.23. The van der Waals surface area contributed by atoms with Crippen molar-refractivity contribution in [2.24, 2.45) is 0 Å². The van der Waals surface area contributed by atoms with Gasteiger partial charge in [0.15, 0.2) is 0 Å². The second-order valence-electron chi connectivity index (χ2n) is 5.03. The lowest BCUT2D eigenvalue weighted by atomic mass is 10.0. The minimum atomic E-state index is 0.611. The van der Waals surface area contributed by atoms with Crippen LogP contribution in [0.2, 0.25) is 0 Å². The molecule has 1 N–H and O–H groups in total. The molecule has 0 spiro atoms. The lowest BCUT2D eigenvalue weighted by molar-refractivity contribution is 0.461. The van der Waals surface area contributed by atoms with Gasteiger partial charge in [0.1, 0.15) is 0 Å². The van der Waals surface area contributed by atoms with E-state index in [1.807, 2.05) is 18.5 Å². The molecule has 2 rings (SSSR count). The summed E-state index contributed by atoms with van der Waals surface area (Å²) < 4.78 is 0. The summed E-state index contributed by atoms with van der Waals surface area (Å²) in [4.78, 5) is 4.23. The van der Waals surface area contributed by atoms with Crippen molar-refractivity contribution >= 4 is 11.8 Å². The van der Waals surface area contributed by atoms with E-state index in [1.165, 1.54) is 37.0 Å². The van der Waals surface area contributed by atoms with Crippen LogP contribution in [0.25, 0.3) is 0 Å². The molecule has 1 aliphatic rings. The third-order valence-electron chi connectivity index (χ3n) is 3.50. The number of nitrogens with zero attached hydrogens (tertiary/aromatic N) is 1. The molecule has 0 bridgehead atoms. The molecule has 2 heterocycles. The van der Waals surface area contributed by atoms with Gasteiger partial charge in [0.25, 0.3) is 0 Å². The number of hydrogen-bond acceptors (Lipinski definition) is 3. The summed E-state index contributed by atoms with van der Waals surface area (Å²) >= 11 is 2.16. The van der Waals surface area contributed by atoms with Crippen LogP contribution < -0.4 is 5.32 Å². The normalized spacial score (nSPS) is 21.7. The van der Waals surface area contributed by atoms with Crippen LogP contribution in [0, 0.1) is 0 Å². The van der Waals surface area contributed by atoms with Crippen molar-refractivity contribution in [2.75, 3.05) is 12.3 Å². The quantitative estimate of drug-likeness (QED) is 0.853. The van der Waals surface area contributed by atoms with Gasteiger partial charge in [0.2, 0.25) is 0 Å². The van der Waals surface area contributed by atoms with Crippen molar-refractivity contribution in [1.29, 1.82) is 0 Å². The second-order valence-corrected chi connectivity index (χ2v) is 6.38. The molecule has 0 amide bonds. The SMILES string of the molecule is CCCNC(Cc1cccnc1)C1CCCCS1. The summed E-state index contributed by atoms with van der Waals surface area (Å²) in [7, 11) is 0. The fraction of sp³-hybridized carbons (Fsp3) is 0.667. The Morgan fingerprint density at radius 3 is 3.11 bits per heavy atom. The van der Waals surface area contributed by atoms with E-state index in [4.69, 9.17) is 0 Å². The van der Waals surface area contributed by atoms with Crippen molar-refractivity contribution < 1.29 is 0 Å².